The molecule has 170 valence electrons. The molecule has 0 unspecified atom stereocenters. The number of nitrogens with zero attached hydrogens (tertiary/aromatic N) is 2. The van der Waals surface area contributed by atoms with Crippen molar-refractivity contribution in [2.24, 2.45) is 0 Å². The Hall–Kier alpha value is -3.89. The van der Waals surface area contributed by atoms with Crippen molar-refractivity contribution < 1.29 is 14.0 Å². The van der Waals surface area contributed by atoms with Crippen molar-refractivity contribution in [3.63, 3.8) is 0 Å². The highest BCUT2D eigenvalue weighted by atomic mass is 32.2. The molecule has 1 saturated heterocycles. The molecule has 3 aromatic carbocycles. The van der Waals surface area contributed by atoms with Crippen LogP contribution in [0.15, 0.2) is 83.4 Å². The number of carbonyl (C=O) groups excluding carboxylic acids is 2. The Morgan fingerprint density at radius 2 is 1.74 bits per heavy atom. The van der Waals surface area contributed by atoms with Crippen LogP contribution in [0.25, 0.3) is 0 Å². The van der Waals surface area contributed by atoms with Gasteiger partial charge in [0.2, 0.25) is 5.91 Å². The molecular weight excluding hydrogens is 449 g/mol. The second-order valence-electron chi connectivity index (χ2n) is 8.00. The lowest BCUT2D eigenvalue weighted by molar-refractivity contribution is -0.117. The molecule has 0 saturated carbocycles. The molecule has 0 bridgehead atoms. The van der Waals surface area contributed by atoms with Crippen LogP contribution >= 0.6 is 11.8 Å². The number of hydrogen-bond donors (Lipinski definition) is 1. The number of anilines is 2. The van der Waals surface area contributed by atoms with Crippen LogP contribution in [0.2, 0.25) is 0 Å². The summed E-state index contributed by atoms with van der Waals surface area (Å²) >= 11 is 1.18. The maximum atomic E-state index is 13.6. The molecule has 0 radical (unpaired) electrons. The second-order valence-corrected chi connectivity index (χ2v) is 9.19. The molecule has 4 rings (SSSR count). The van der Waals surface area contributed by atoms with Crippen molar-refractivity contribution in [1.29, 1.82) is 5.26 Å². The van der Waals surface area contributed by atoms with Gasteiger partial charge in [-0.05, 0) is 67.8 Å². The second kappa shape index (κ2) is 9.94. The summed E-state index contributed by atoms with van der Waals surface area (Å²) in [7, 11) is 0. The van der Waals surface area contributed by atoms with E-state index in [0.717, 1.165) is 16.7 Å². The van der Waals surface area contributed by atoms with Crippen molar-refractivity contribution in [3.05, 3.63) is 106 Å². The first kappa shape index (κ1) is 23.3. The first-order valence-corrected chi connectivity index (χ1v) is 11.6. The Morgan fingerprint density at radius 3 is 2.38 bits per heavy atom. The van der Waals surface area contributed by atoms with E-state index in [1.165, 1.54) is 40.9 Å². The molecule has 2 amide bonds. The van der Waals surface area contributed by atoms with E-state index in [9.17, 15) is 19.2 Å². The fourth-order valence-corrected chi connectivity index (χ4v) is 4.98. The summed E-state index contributed by atoms with van der Waals surface area (Å²) in [5.74, 6) is -1.31. The fourth-order valence-electron chi connectivity index (χ4n) is 3.68. The van der Waals surface area contributed by atoms with Crippen LogP contribution in [0.3, 0.4) is 0 Å². The van der Waals surface area contributed by atoms with Crippen LogP contribution in [0.5, 0.6) is 0 Å². The summed E-state index contributed by atoms with van der Waals surface area (Å²) in [5, 5.41) is 12.4. The number of hydrogen-bond acceptors (Lipinski definition) is 4. The summed E-state index contributed by atoms with van der Waals surface area (Å²) in [6, 6.07) is 22.4. The monoisotopic (exact) mass is 471 g/mol. The van der Waals surface area contributed by atoms with Gasteiger partial charge in [-0.25, -0.2) is 4.39 Å². The highest BCUT2D eigenvalue weighted by molar-refractivity contribution is 8.05. The normalized spacial score (nSPS) is 16.8. The minimum atomic E-state index is -0.606. The zero-order valence-corrected chi connectivity index (χ0v) is 19.5. The molecule has 7 heteroatoms. The van der Waals surface area contributed by atoms with Gasteiger partial charge in [-0.1, -0.05) is 53.7 Å². The molecule has 1 N–H and O–H groups in total. The van der Waals surface area contributed by atoms with Gasteiger partial charge in [0.15, 0.2) is 0 Å². The molecule has 3 aromatic rings. The first-order chi connectivity index (χ1) is 16.4. The number of halogens is 1. The van der Waals surface area contributed by atoms with E-state index >= 15 is 0 Å². The van der Waals surface area contributed by atoms with Gasteiger partial charge in [0, 0.05) is 11.4 Å². The Labute approximate surface area is 201 Å². The maximum Gasteiger partial charge on any atom is 0.269 e. The first-order valence-electron chi connectivity index (χ1n) is 10.7. The predicted molar refractivity (Wildman–Crippen MR) is 133 cm³/mol. The topological polar surface area (TPSA) is 73.2 Å². The largest absolute Gasteiger partial charge is 0.321 e. The number of nitrogens with one attached hydrogen (secondary N) is 1. The average Bonchev–Trinajstić information content (AvgIpc) is 3.13. The minimum Gasteiger partial charge on any atom is -0.321 e. The van der Waals surface area contributed by atoms with Gasteiger partial charge in [-0.3, -0.25) is 14.5 Å². The Bertz CT molecular complexity index is 1310. The lowest BCUT2D eigenvalue weighted by Crippen LogP contribution is -2.31. The van der Waals surface area contributed by atoms with Gasteiger partial charge in [0.05, 0.1) is 5.25 Å². The molecule has 1 atom stereocenters. The van der Waals surface area contributed by atoms with E-state index in [4.69, 9.17) is 0 Å². The standard InChI is InChI=1S/C27H22FN3O2S/c1-17-7-11-21(12-8-17)30-25(32)23(16-29)27-31(22-13-9-20(28)10-14-22)26(33)24(34-27)15-19-6-4-3-5-18(19)2/h3-14,24H,15H2,1-2H3,(H,30,32)/b27-23-/t24-/m1/s1. The maximum absolute atomic E-state index is 13.6. The van der Waals surface area contributed by atoms with E-state index in [0.29, 0.717) is 17.8 Å². The zero-order chi connectivity index (χ0) is 24.2. The third-order valence-corrected chi connectivity index (χ3v) is 6.83. The summed E-state index contributed by atoms with van der Waals surface area (Å²) in [6.45, 7) is 3.91. The number of nitriles is 1. The lowest BCUT2D eigenvalue weighted by atomic mass is 10.0. The highest BCUT2D eigenvalue weighted by Gasteiger charge is 2.41. The molecule has 1 aliphatic rings. The van der Waals surface area contributed by atoms with E-state index in [2.05, 4.69) is 5.32 Å². The summed E-state index contributed by atoms with van der Waals surface area (Å²) in [4.78, 5) is 27.9. The SMILES string of the molecule is Cc1ccc(NC(=O)/C(C#N)=C2\S[C@H](Cc3ccccc3C)C(=O)N2c2ccc(F)cc2)cc1. The number of thioether (sulfide) groups is 1. The van der Waals surface area contributed by atoms with Crippen LogP contribution in [-0.2, 0) is 16.0 Å². The van der Waals surface area contributed by atoms with Crippen LogP contribution in [0, 0.1) is 31.0 Å². The van der Waals surface area contributed by atoms with E-state index in [-0.39, 0.29) is 16.5 Å². The Balaban J connectivity index is 1.73. The number of carbonyl (C=O) groups is 2. The van der Waals surface area contributed by atoms with E-state index in [1.54, 1.807) is 12.1 Å². The number of rotatable bonds is 5. The van der Waals surface area contributed by atoms with Gasteiger partial charge >= 0.3 is 0 Å². The molecule has 0 spiro atoms. The van der Waals surface area contributed by atoms with Crippen molar-refractivity contribution in [1.82, 2.24) is 0 Å². The highest BCUT2D eigenvalue weighted by Crippen LogP contribution is 2.42. The smallest absolute Gasteiger partial charge is 0.269 e. The van der Waals surface area contributed by atoms with Crippen molar-refractivity contribution in [2.75, 3.05) is 10.2 Å². The molecule has 1 fully saturated rings. The molecule has 0 aliphatic carbocycles. The van der Waals surface area contributed by atoms with E-state index in [1.807, 2.05) is 56.3 Å². The zero-order valence-electron chi connectivity index (χ0n) is 18.7. The minimum absolute atomic E-state index is 0.171. The molecule has 1 heterocycles. The third-order valence-electron chi connectivity index (χ3n) is 5.57. The molecule has 0 aromatic heterocycles. The van der Waals surface area contributed by atoms with Gasteiger partial charge in [-0.15, -0.1) is 0 Å². The summed E-state index contributed by atoms with van der Waals surface area (Å²) in [5.41, 5.74) is 3.88. The molecule has 5 nitrogen and oxygen atoms in total. The summed E-state index contributed by atoms with van der Waals surface area (Å²) in [6.07, 6.45) is 0.440. The quantitative estimate of drug-likeness (QED) is 0.394. The Morgan fingerprint density at radius 1 is 1.06 bits per heavy atom. The third kappa shape index (κ3) is 4.87. The van der Waals surface area contributed by atoms with Gasteiger partial charge in [0.25, 0.3) is 5.91 Å². The van der Waals surface area contributed by atoms with E-state index < -0.39 is 17.0 Å². The Kier molecular flexibility index (Phi) is 6.80. The van der Waals surface area contributed by atoms with Crippen LogP contribution in [0.1, 0.15) is 16.7 Å². The molecular formula is C27H22FN3O2S. The van der Waals surface area contributed by atoms with Crippen LogP contribution in [-0.4, -0.2) is 17.1 Å². The van der Waals surface area contributed by atoms with Crippen molar-refractivity contribution in [3.8, 4) is 6.07 Å². The van der Waals surface area contributed by atoms with Gasteiger partial charge in [-0.2, -0.15) is 5.26 Å². The molecule has 1 aliphatic heterocycles. The van der Waals surface area contributed by atoms with Crippen LogP contribution in [0.4, 0.5) is 15.8 Å². The molecule has 34 heavy (non-hydrogen) atoms. The fraction of sp³-hybridized carbons (Fsp3) is 0.148. The average molecular weight is 472 g/mol. The van der Waals surface area contributed by atoms with Gasteiger partial charge < -0.3 is 5.32 Å². The number of benzene rings is 3. The number of aryl methyl sites for hydroxylation is 2. The van der Waals surface area contributed by atoms with Crippen molar-refractivity contribution >= 4 is 35.0 Å². The van der Waals surface area contributed by atoms with Crippen LogP contribution < -0.4 is 10.2 Å². The van der Waals surface area contributed by atoms with Crippen molar-refractivity contribution in [2.45, 2.75) is 25.5 Å². The predicted octanol–water partition coefficient (Wildman–Crippen LogP) is 5.51. The van der Waals surface area contributed by atoms with Gasteiger partial charge in [0.1, 0.15) is 22.5 Å². The number of amides is 2. The summed E-state index contributed by atoms with van der Waals surface area (Å²) < 4.78 is 13.6. The lowest BCUT2D eigenvalue weighted by Gasteiger charge is -2.18.